The molecule has 1 N–H and O–H groups in total. The highest BCUT2D eigenvalue weighted by Crippen LogP contribution is 2.23. The normalized spacial score (nSPS) is 20.1. The number of ether oxygens (including phenoxy) is 1. The zero-order valence-electron chi connectivity index (χ0n) is 9.27. The van der Waals surface area contributed by atoms with E-state index in [1.807, 2.05) is 11.0 Å². The van der Waals surface area contributed by atoms with Gasteiger partial charge in [0.15, 0.2) is 0 Å². The molecule has 1 aromatic rings. The van der Waals surface area contributed by atoms with Crippen LogP contribution in [0, 0.1) is 17.1 Å². The Hall–Kier alpha value is -1.64. The number of hydrogen-bond donors (Lipinski definition) is 1. The summed E-state index contributed by atoms with van der Waals surface area (Å²) in [6, 6.07) is 6.13. The van der Waals surface area contributed by atoms with Gasteiger partial charge in [0.25, 0.3) is 0 Å². The summed E-state index contributed by atoms with van der Waals surface area (Å²) in [5.41, 5.74) is 0.999. The first-order chi connectivity index (χ1) is 8.24. The lowest BCUT2D eigenvalue weighted by atomic mass is 10.1. The van der Waals surface area contributed by atoms with Crippen LogP contribution in [-0.2, 0) is 4.74 Å². The highest BCUT2D eigenvalue weighted by molar-refractivity contribution is 5.59. The van der Waals surface area contributed by atoms with Crippen molar-refractivity contribution in [2.24, 2.45) is 0 Å². The van der Waals surface area contributed by atoms with Crippen LogP contribution in [-0.4, -0.2) is 37.5 Å². The van der Waals surface area contributed by atoms with Crippen molar-refractivity contribution in [2.45, 2.75) is 6.10 Å². The van der Waals surface area contributed by atoms with Gasteiger partial charge in [-0.25, -0.2) is 4.39 Å². The Kier molecular flexibility index (Phi) is 3.57. The van der Waals surface area contributed by atoms with Gasteiger partial charge in [0.05, 0.1) is 30.6 Å². The molecule has 0 aromatic heterocycles. The average Bonchev–Trinajstić information content (AvgIpc) is 2.38. The standard InChI is InChI=1S/C12H13FN2O2/c13-10-1-2-12(9(5-10)6-14)15-3-4-17-11(7-15)8-16/h1-2,5,11,16H,3-4,7-8H2. The Bertz CT molecular complexity index is 445. The van der Waals surface area contributed by atoms with Gasteiger partial charge in [0, 0.05) is 13.1 Å². The van der Waals surface area contributed by atoms with Gasteiger partial charge in [-0.2, -0.15) is 5.26 Å². The summed E-state index contributed by atoms with van der Waals surface area (Å²) in [5, 5.41) is 18.0. The highest BCUT2D eigenvalue weighted by atomic mass is 19.1. The first-order valence-electron chi connectivity index (χ1n) is 5.41. The van der Waals surface area contributed by atoms with Gasteiger partial charge in [-0.3, -0.25) is 0 Å². The third-order valence-corrected chi connectivity index (χ3v) is 2.76. The van der Waals surface area contributed by atoms with E-state index in [0.29, 0.717) is 30.9 Å². The predicted molar refractivity (Wildman–Crippen MR) is 60.2 cm³/mol. The molecule has 0 aliphatic carbocycles. The third-order valence-electron chi connectivity index (χ3n) is 2.76. The van der Waals surface area contributed by atoms with Gasteiger partial charge < -0.3 is 14.7 Å². The molecular formula is C12H13FN2O2. The van der Waals surface area contributed by atoms with Gasteiger partial charge in [0.1, 0.15) is 11.9 Å². The van der Waals surface area contributed by atoms with Gasteiger partial charge in [-0.15, -0.1) is 0 Å². The van der Waals surface area contributed by atoms with Gasteiger partial charge in [-0.1, -0.05) is 0 Å². The fraction of sp³-hybridized carbons (Fsp3) is 0.417. The number of aliphatic hydroxyl groups excluding tert-OH is 1. The van der Waals surface area contributed by atoms with Crippen LogP contribution < -0.4 is 4.90 Å². The van der Waals surface area contributed by atoms with Crippen LogP contribution in [0.2, 0.25) is 0 Å². The summed E-state index contributed by atoms with van der Waals surface area (Å²) in [5.74, 6) is -0.419. The smallest absolute Gasteiger partial charge is 0.124 e. The molecule has 0 spiro atoms. The van der Waals surface area contributed by atoms with Gasteiger partial charge in [-0.05, 0) is 18.2 Å². The van der Waals surface area contributed by atoms with Crippen LogP contribution in [0.25, 0.3) is 0 Å². The summed E-state index contributed by atoms with van der Waals surface area (Å²) in [6.07, 6.45) is -0.250. The van der Waals surface area contributed by atoms with Crippen molar-refractivity contribution < 1.29 is 14.2 Å². The van der Waals surface area contributed by atoms with Crippen molar-refractivity contribution in [2.75, 3.05) is 31.2 Å². The van der Waals surface area contributed by atoms with Gasteiger partial charge in [0.2, 0.25) is 0 Å². The number of halogens is 1. The molecule has 17 heavy (non-hydrogen) atoms. The van der Waals surface area contributed by atoms with Crippen LogP contribution in [0.15, 0.2) is 18.2 Å². The quantitative estimate of drug-likeness (QED) is 0.828. The molecule has 1 fully saturated rings. The molecule has 1 aliphatic rings. The Morgan fingerprint density at radius 3 is 3.12 bits per heavy atom. The minimum atomic E-state index is -0.419. The van der Waals surface area contributed by atoms with Crippen molar-refractivity contribution >= 4 is 5.69 Å². The van der Waals surface area contributed by atoms with Crippen molar-refractivity contribution in [1.29, 1.82) is 5.26 Å². The number of hydrogen-bond acceptors (Lipinski definition) is 4. The number of anilines is 1. The number of benzene rings is 1. The summed E-state index contributed by atoms with van der Waals surface area (Å²) in [4.78, 5) is 1.93. The first kappa shape index (κ1) is 11.8. The van der Waals surface area contributed by atoms with Crippen molar-refractivity contribution in [3.8, 4) is 6.07 Å². The van der Waals surface area contributed by atoms with Crippen molar-refractivity contribution in [1.82, 2.24) is 0 Å². The van der Waals surface area contributed by atoms with E-state index in [0.717, 1.165) is 0 Å². The minimum absolute atomic E-state index is 0.0560. The SMILES string of the molecule is N#Cc1cc(F)ccc1N1CCOC(CO)C1. The number of aliphatic hydroxyl groups is 1. The van der Waals surface area contributed by atoms with Crippen LogP contribution in [0.1, 0.15) is 5.56 Å². The highest BCUT2D eigenvalue weighted by Gasteiger charge is 2.21. The fourth-order valence-corrected chi connectivity index (χ4v) is 1.92. The second kappa shape index (κ2) is 5.13. The monoisotopic (exact) mass is 236 g/mol. The maximum atomic E-state index is 13.0. The molecule has 4 nitrogen and oxygen atoms in total. The van der Waals surface area contributed by atoms with Crippen molar-refractivity contribution in [3.05, 3.63) is 29.6 Å². The molecule has 1 atom stereocenters. The zero-order valence-corrected chi connectivity index (χ0v) is 9.27. The summed E-state index contributed by atoms with van der Waals surface area (Å²) in [7, 11) is 0. The predicted octanol–water partition coefficient (Wildman–Crippen LogP) is 0.895. The van der Waals surface area contributed by atoms with E-state index in [2.05, 4.69) is 0 Å². The lowest BCUT2D eigenvalue weighted by Gasteiger charge is -2.34. The molecule has 0 saturated carbocycles. The Labute approximate surface area is 98.8 Å². The number of nitriles is 1. The molecule has 2 rings (SSSR count). The second-order valence-electron chi connectivity index (χ2n) is 3.89. The number of nitrogens with zero attached hydrogens (tertiary/aromatic N) is 2. The minimum Gasteiger partial charge on any atom is -0.394 e. The molecule has 0 bridgehead atoms. The van der Waals surface area contributed by atoms with E-state index in [1.165, 1.54) is 12.1 Å². The molecule has 1 aliphatic heterocycles. The summed E-state index contributed by atoms with van der Waals surface area (Å²) >= 11 is 0. The van der Waals surface area contributed by atoms with Crippen LogP contribution >= 0.6 is 0 Å². The molecule has 5 heteroatoms. The van der Waals surface area contributed by atoms with Crippen LogP contribution in [0.3, 0.4) is 0 Å². The van der Waals surface area contributed by atoms with E-state index < -0.39 is 5.82 Å². The van der Waals surface area contributed by atoms with E-state index in [-0.39, 0.29) is 12.7 Å². The van der Waals surface area contributed by atoms with Gasteiger partial charge >= 0.3 is 0 Å². The number of morpholine rings is 1. The van der Waals surface area contributed by atoms with E-state index in [1.54, 1.807) is 6.07 Å². The fourth-order valence-electron chi connectivity index (χ4n) is 1.92. The Morgan fingerprint density at radius 2 is 2.41 bits per heavy atom. The van der Waals surface area contributed by atoms with Crippen molar-refractivity contribution in [3.63, 3.8) is 0 Å². The summed E-state index contributed by atoms with van der Waals surface area (Å²) in [6.45, 7) is 1.58. The summed E-state index contributed by atoms with van der Waals surface area (Å²) < 4.78 is 18.3. The lowest BCUT2D eigenvalue weighted by Crippen LogP contribution is -2.44. The average molecular weight is 236 g/mol. The van der Waals surface area contributed by atoms with E-state index in [9.17, 15) is 4.39 Å². The molecule has 1 aromatic carbocycles. The zero-order chi connectivity index (χ0) is 12.3. The largest absolute Gasteiger partial charge is 0.394 e. The molecule has 0 amide bonds. The van der Waals surface area contributed by atoms with Crippen LogP contribution in [0.5, 0.6) is 0 Å². The van der Waals surface area contributed by atoms with Crippen LogP contribution in [0.4, 0.5) is 10.1 Å². The third kappa shape index (κ3) is 2.54. The molecule has 1 saturated heterocycles. The molecular weight excluding hydrogens is 223 g/mol. The maximum Gasteiger partial charge on any atom is 0.124 e. The Morgan fingerprint density at radius 1 is 1.59 bits per heavy atom. The second-order valence-corrected chi connectivity index (χ2v) is 3.89. The molecule has 90 valence electrons. The first-order valence-corrected chi connectivity index (χ1v) is 5.41. The molecule has 1 unspecified atom stereocenters. The molecule has 0 radical (unpaired) electrons. The number of rotatable bonds is 2. The van der Waals surface area contributed by atoms with E-state index in [4.69, 9.17) is 15.1 Å². The Balaban J connectivity index is 2.24. The lowest BCUT2D eigenvalue weighted by molar-refractivity contribution is 0.00355. The topological polar surface area (TPSA) is 56.5 Å². The molecule has 1 heterocycles. The van der Waals surface area contributed by atoms with E-state index >= 15 is 0 Å². The maximum absolute atomic E-state index is 13.0.